The second kappa shape index (κ2) is 8.98. The summed E-state index contributed by atoms with van der Waals surface area (Å²) >= 11 is 0. The van der Waals surface area contributed by atoms with Gasteiger partial charge in [0.2, 0.25) is 0 Å². The number of hydrogen-bond donors (Lipinski definition) is 3. The Balaban J connectivity index is 2.23. The predicted octanol–water partition coefficient (Wildman–Crippen LogP) is 3.46. The molecule has 0 saturated heterocycles. The van der Waals surface area contributed by atoms with Crippen LogP contribution in [0.2, 0.25) is 19.6 Å². The Hall–Kier alpha value is -2.71. The van der Waals surface area contributed by atoms with Crippen molar-refractivity contribution in [3.63, 3.8) is 0 Å². The topological polar surface area (TPSA) is 87.7 Å². The molecule has 0 spiro atoms. The van der Waals surface area contributed by atoms with Gasteiger partial charge in [0.05, 0.1) is 14.7 Å². The molecular formula is C20H25FN2O4Si. The lowest BCUT2D eigenvalue weighted by atomic mass is 10.0. The van der Waals surface area contributed by atoms with Gasteiger partial charge < -0.3 is 20.5 Å². The van der Waals surface area contributed by atoms with E-state index in [0.717, 1.165) is 5.56 Å². The summed E-state index contributed by atoms with van der Waals surface area (Å²) in [5.74, 6) is -0.967. The highest BCUT2D eigenvalue weighted by molar-refractivity contribution is 6.88. The molecule has 0 aliphatic carbocycles. The van der Waals surface area contributed by atoms with E-state index in [0.29, 0.717) is 17.4 Å². The number of anilines is 1. The van der Waals surface area contributed by atoms with Gasteiger partial charge >= 0.3 is 6.09 Å². The van der Waals surface area contributed by atoms with Crippen LogP contribution in [0.5, 0.6) is 0 Å². The Morgan fingerprint density at radius 1 is 1.14 bits per heavy atom. The van der Waals surface area contributed by atoms with Gasteiger partial charge in [0, 0.05) is 12.8 Å². The minimum absolute atomic E-state index is 0.276. The van der Waals surface area contributed by atoms with Crippen LogP contribution in [0.25, 0.3) is 0 Å². The van der Waals surface area contributed by atoms with E-state index in [4.69, 9.17) is 9.84 Å². The van der Waals surface area contributed by atoms with E-state index < -0.39 is 26.1 Å². The molecule has 0 aliphatic heterocycles. The molecule has 2 amide bonds. The van der Waals surface area contributed by atoms with Crippen LogP contribution in [0, 0.1) is 5.82 Å². The molecule has 3 N–H and O–H groups in total. The first kappa shape index (κ1) is 21.6. The number of hydrogen-bond acceptors (Lipinski definition) is 3. The summed E-state index contributed by atoms with van der Waals surface area (Å²) in [4.78, 5) is 23.8. The summed E-state index contributed by atoms with van der Waals surface area (Å²) in [6.45, 7) is 6.50. The molecule has 8 heteroatoms. The van der Waals surface area contributed by atoms with Gasteiger partial charge in [0.25, 0.3) is 5.91 Å². The summed E-state index contributed by atoms with van der Waals surface area (Å²) in [7, 11) is -0.265. The van der Waals surface area contributed by atoms with Crippen LogP contribution in [0.15, 0.2) is 42.5 Å². The number of ether oxygens (including phenoxy) is 1. The lowest BCUT2D eigenvalue weighted by Gasteiger charge is -2.20. The quantitative estimate of drug-likeness (QED) is 0.617. The fourth-order valence-corrected chi connectivity index (χ4v) is 4.18. The van der Waals surface area contributed by atoms with E-state index in [-0.39, 0.29) is 11.5 Å². The Morgan fingerprint density at radius 2 is 1.79 bits per heavy atom. The number of benzene rings is 2. The van der Waals surface area contributed by atoms with Crippen LogP contribution in [0.3, 0.4) is 0 Å². The van der Waals surface area contributed by atoms with Gasteiger partial charge in [-0.25, -0.2) is 9.18 Å². The maximum absolute atomic E-state index is 14.4. The minimum atomic E-state index is -1.84. The second-order valence-corrected chi connectivity index (χ2v) is 12.5. The molecule has 0 aromatic heterocycles. The van der Waals surface area contributed by atoms with Gasteiger partial charge in [-0.15, -0.1) is 0 Å². The summed E-state index contributed by atoms with van der Waals surface area (Å²) in [5, 5.41) is 14.6. The van der Waals surface area contributed by atoms with Crippen molar-refractivity contribution in [2.75, 3.05) is 12.4 Å². The predicted molar refractivity (Wildman–Crippen MR) is 109 cm³/mol. The molecule has 0 bridgehead atoms. The van der Waals surface area contributed by atoms with Crippen LogP contribution >= 0.6 is 0 Å². The van der Waals surface area contributed by atoms with Crippen molar-refractivity contribution in [3.05, 3.63) is 59.4 Å². The molecule has 0 radical (unpaired) electrons. The third-order valence-electron chi connectivity index (χ3n) is 4.20. The van der Waals surface area contributed by atoms with E-state index in [9.17, 15) is 14.0 Å². The molecule has 0 aliphatic rings. The van der Waals surface area contributed by atoms with Crippen molar-refractivity contribution >= 4 is 30.9 Å². The molecular weight excluding hydrogens is 379 g/mol. The first-order chi connectivity index (χ1) is 13.1. The van der Waals surface area contributed by atoms with Crippen molar-refractivity contribution < 1.29 is 23.8 Å². The van der Waals surface area contributed by atoms with Crippen molar-refractivity contribution in [2.45, 2.75) is 32.3 Å². The zero-order chi connectivity index (χ0) is 20.9. The van der Waals surface area contributed by atoms with E-state index in [1.54, 1.807) is 43.5 Å². The highest BCUT2D eigenvalue weighted by Crippen LogP contribution is 2.19. The van der Waals surface area contributed by atoms with Crippen LogP contribution < -0.4 is 15.8 Å². The van der Waals surface area contributed by atoms with Crippen LogP contribution in [0.1, 0.15) is 17.2 Å². The fraction of sp³-hybridized carbons (Fsp3) is 0.300. The molecule has 150 valence electrons. The molecule has 2 aromatic rings. The van der Waals surface area contributed by atoms with Gasteiger partial charge in [-0.1, -0.05) is 50.0 Å². The van der Waals surface area contributed by atoms with E-state index in [1.165, 1.54) is 6.07 Å². The van der Waals surface area contributed by atoms with Crippen LogP contribution in [-0.2, 0) is 16.1 Å². The Bertz CT molecular complexity index is 850. The highest BCUT2D eigenvalue weighted by atomic mass is 28.3. The molecule has 0 fully saturated rings. The van der Waals surface area contributed by atoms with Crippen LogP contribution in [-0.4, -0.2) is 32.3 Å². The fourth-order valence-electron chi connectivity index (χ4n) is 2.81. The average molecular weight is 405 g/mol. The molecule has 1 atom stereocenters. The molecule has 28 heavy (non-hydrogen) atoms. The maximum atomic E-state index is 14.4. The van der Waals surface area contributed by atoms with Crippen LogP contribution in [0.4, 0.5) is 14.9 Å². The van der Waals surface area contributed by atoms with Crippen molar-refractivity contribution in [1.82, 2.24) is 5.32 Å². The number of amides is 2. The number of rotatable bonds is 7. The number of methoxy groups -OCH3 is 1. The summed E-state index contributed by atoms with van der Waals surface area (Å²) in [6.07, 6.45) is -1.33. The normalized spacial score (nSPS) is 12.3. The lowest BCUT2D eigenvalue weighted by Crippen LogP contribution is -2.40. The van der Waals surface area contributed by atoms with Gasteiger partial charge in [-0.05, 0) is 28.4 Å². The smallest absolute Gasteiger partial charge is 0.405 e. The van der Waals surface area contributed by atoms with Gasteiger partial charge in [-0.3, -0.25) is 4.79 Å². The molecule has 0 saturated carbocycles. The standard InChI is InChI=1S/C20H25FN2O4Si/c1-27-12-13-5-7-14(8-6-13)18(23-20(25)26)19(24)22-15-9-10-17(16(21)11-15)28(2,3)4/h5-11,18,23H,12H2,1-4H3,(H,22,24)(H,25,26). The molecule has 2 aromatic carbocycles. The number of carboxylic acid groups (broad SMARTS) is 1. The van der Waals surface area contributed by atoms with E-state index in [2.05, 4.69) is 10.6 Å². The first-order valence-electron chi connectivity index (χ1n) is 8.80. The van der Waals surface area contributed by atoms with E-state index >= 15 is 0 Å². The third kappa shape index (κ3) is 5.64. The maximum Gasteiger partial charge on any atom is 0.405 e. The van der Waals surface area contributed by atoms with Gasteiger partial charge in [0.1, 0.15) is 11.9 Å². The second-order valence-electron chi connectivity index (χ2n) is 7.49. The molecule has 2 rings (SSSR count). The highest BCUT2D eigenvalue weighted by Gasteiger charge is 2.24. The Morgan fingerprint density at radius 3 is 2.29 bits per heavy atom. The SMILES string of the molecule is COCc1ccc(C(NC(=O)O)C(=O)Nc2ccc([Si](C)(C)C)c(F)c2)cc1. The van der Waals surface area contributed by atoms with Crippen molar-refractivity contribution in [1.29, 1.82) is 0 Å². The number of nitrogens with one attached hydrogen (secondary N) is 2. The zero-order valence-electron chi connectivity index (χ0n) is 16.4. The van der Waals surface area contributed by atoms with Crippen molar-refractivity contribution in [2.24, 2.45) is 0 Å². The molecule has 1 unspecified atom stereocenters. The molecule has 6 nitrogen and oxygen atoms in total. The van der Waals surface area contributed by atoms with Gasteiger partial charge in [0.15, 0.2) is 0 Å². The molecule has 0 heterocycles. The van der Waals surface area contributed by atoms with Gasteiger partial charge in [-0.2, -0.15) is 0 Å². The van der Waals surface area contributed by atoms with Crippen molar-refractivity contribution in [3.8, 4) is 0 Å². The summed E-state index contributed by atoms with van der Waals surface area (Å²) in [5.41, 5.74) is 1.64. The monoisotopic (exact) mass is 404 g/mol. The zero-order valence-corrected chi connectivity index (χ0v) is 17.4. The lowest BCUT2D eigenvalue weighted by molar-refractivity contribution is -0.118. The number of carbonyl (C=O) groups excluding carboxylic acids is 1. The Kier molecular flexibility index (Phi) is 6.93. The Labute approximate surface area is 164 Å². The number of carbonyl (C=O) groups is 2. The van der Waals surface area contributed by atoms with E-state index in [1.807, 2.05) is 19.6 Å². The average Bonchev–Trinajstić information content (AvgIpc) is 2.59. The largest absolute Gasteiger partial charge is 0.465 e. The first-order valence-corrected chi connectivity index (χ1v) is 12.3. The summed E-state index contributed by atoms with van der Waals surface area (Å²) in [6, 6.07) is 10.3. The number of halogens is 1. The third-order valence-corrected chi connectivity index (χ3v) is 6.22. The summed E-state index contributed by atoms with van der Waals surface area (Å²) < 4.78 is 19.5. The minimum Gasteiger partial charge on any atom is -0.465 e.